The number of benzene rings is 2. The molecule has 1 aliphatic heterocycles. The van der Waals surface area contributed by atoms with Gasteiger partial charge in [0.2, 0.25) is 5.95 Å². The molecular formula is C27H34N6O4. The van der Waals surface area contributed by atoms with Crippen molar-refractivity contribution in [3.8, 4) is 17.2 Å². The number of nitrogens with zero attached hydrogens (tertiary/aromatic N) is 4. The second kappa shape index (κ2) is 12.2. The van der Waals surface area contributed by atoms with Crippen LogP contribution < -0.4 is 24.8 Å². The lowest BCUT2D eigenvalue weighted by Gasteiger charge is -2.28. The number of aromatic nitrogens is 4. The van der Waals surface area contributed by atoms with Crippen LogP contribution in [-0.2, 0) is 4.79 Å². The molecule has 10 heteroatoms. The Labute approximate surface area is 217 Å². The van der Waals surface area contributed by atoms with Gasteiger partial charge < -0.3 is 24.8 Å². The van der Waals surface area contributed by atoms with Gasteiger partial charge in [-0.05, 0) is 67.4 Å². The van der Waals surface area contributed by atoms with Crippen LogP contribution in [0.15, 0.2) is 53.7 Å². The van der Waals surface area contributed by atoms with Gasteiger partial charge in [0.15, 0.2) is 11.5 Å². The van der Waals surface area contributed by atoms with E-state index in [0.29, 0.717) is 60.0 Å². The Kier molecular flexibility index (Phi) is 8.60. The highest BCUT2D eigenvalue weighted by Crippen LogP contribution is 2.39. The van der Waals surface area contributed by atoms with Gasteiger partial charge in [-0.2, -0.15) is 4.68 Å². The molecule has 0 aliphatic carbocycles. The number of allylic oxidation sites excluding steroid dienone is 1. The molecule has 1 atom stereocenters. The van der Waals surface area contributed by atoms with Gasteiger partial charge in [0.25, 0.3) is 5.91 Å². The van der Waals surface area contributed by atoms with Gasteiger partial charge in [-0.15, -0.1) is 0 Å². The monoisotopic (exact) mass is 506 g/mol. The first kappa shape index (κ1) is 26.0. The van der Waals surface area contributed by atoms with Crippen molar-refractivity contribution in [2.24, 2.45) is 0 Å². The summed E-state index contributed by atoms with van der Waals surface area (Å²) in [6, 6.07) is 12.5. The molecule has 3 aromatic rings. The Morgan fingerprint density at radius 1 is 1.00 bits per heavy atom. The molecule has 2 aromatic carbocycles. The van der Waals surface area contributed by atoms with Crippen molar-refractivity contribution in [2.45, 2.75) is 53.0 Å². The van der Waals surface area contributed by atoms with Crippen molar-refractivity contribution in [1.82, 2.24) is 20.2 Å². The van der Waals surface area contributed by atoms with E-state index in [1.165, 1.54) is 0 Å². The van der Waals surface area contributed by atoms with Crippen LogP contribution >= 0.6 is 0 Å². The number of carbonyl (C=O) groups excluding carboxylic acids is 1. The van der Waals surface area contributed by atoms with Crippen molar-refractivity contribution in [3.63, 3.8) is 0 Å². The molecule has 2 heterocycles. The Bertz CT molecular complexity index is 1260. The average Bonchev–Trinajstić information content (AvgIpc) is 3.36. The highest BCUT2D eigenvalue weighted by Gasteiger charge is 2.35. The molecule has 0 spiro atoms. The van der Waals surface area contributed by atoms with E-state index in [-0.39, 0.29) is 5.91 Å². The number of hydrogen-bond acceptors (Lipinski definition) is 8. The summed E-state index contributed by atoms with van der Waals surface area (Å²) >= 11 is 0. The first-order valence-electron chi connectivity index (χ1n) is 12.8. The molecule has 0 fully saturated rings. The maximum atomic E-state index is 13.7. The quantitative estimate of drug-likeness (QED) is 0.331. The molecule has 1 aliphatic rings. The van der Waals surface area contributed by atoms with Crippen LogP contribution in [0.4, 0.5) is 11.6 Å². The van der Waals surface area contributed by atoms with E-state index < -0.39 is 6.04 Å². The number of hydrogen-bond donors (Lipinski definition) is 2. The van der Waals surface area contributed by atoms with Gasteiger partial charge in [-0.1, -0.05) is 43.1 Å². The molecule has 10 nitrogen and oxygen atoms in total. The number of anilines is 2. The van der Waals surface area contributed by atoms with Crippen LogP contribution in [-0.4, -0.2) is 45.9 Å². The summed E-state index contributed by atoms with van der Waals surface area (Å²) in [7, 11) is 0. The van der Waals surface area contributed by atoms with Crippen LogP contribution in [0.25, 0.3) is 0 Å². The smallest absolute Gasteiger partial charge is 0.255 e. The SMILES string of the molecule is CCCCCOc1ccc(C2C(C(=O)Nc3ccccc3OCC)=C(C)Nc3nnnn32)cc1OCC. The second-order valence-electron chi connectivity index (χ2n) is 8.59. The Balaban J connectivity index is 1.69. The summed E-state index contributed by atoms with van der Waals surface area (Å²) in [6.07, 6.45) is 3.20. The van der Waals surface area contributed by atoms with Gasteiger partial charge in [0, 0.05) is 5.70 Å². The lowest BCUT2D eigenvalue weighted by molar-refractivity contribution is -0.113. The number of para-hydroxylation sites is 2. The highest BCUT2D eigenvalue weighted by atomic mass is 16.5. The third kappa shape index (κ3) is 5.84. The first-order valence-corrected chi connectivity index (χ1v) is 12.8. The molecule has 2 N–H and O–H groups in total. The molecule has 0 saturated carbocycles. The van der Waals surface area contributed by atoms with Gasteiger partial charge in [-0.25, -0.2) is 0 Å². The summed E-state index contributed by atoms with van der Waals surface area (Å²) in [5, 5.41) is 18.3. The predicted molar refractivity (Wildman–Crippen MR) is 141 cm³/mol. The summed E-state index contributed by atoms with van der Waals surface area (Å²) in [6.45, 7) is 9.40. The molecule has 4 rings (SSSR count). The van der Waals surface area contributed by atoms with Crippen molar-refractivity contribution < 1.29 is 19.0 Å². The number of rotatable bonds is 12. The lowest BCUT2D eigenvalue weighted by atomic mass is 9.94. The number of unbranched alkanes of at least 4 members (excludes halogenated alkanes) is 2. The van der Waals surface area contributed by atoms with Crippen LogP contribution in [0.1, 0.15) is 58.6 Å². The fraction of sp³-hybridized carbons (Fsp3) is 0.407. The third-order valence-corrected chi connectivity index (χ3v) is 5.98. The summed E-state index contributed by atoms with van der Waals surface area (Å²) in [4.78, 5) is 13.7. The minimum Gasteiger partial charge on any atom is -0.492 e. The van der Waals surface area contributed by atoms with Crippen LogP contribution in [0, 0.1) is 0 Å². The van der Waals surface area contributed by atoms with E-state index in [1.54, 1.807) is 4.68 Å². The fourth-order valence-corrected chi connectivity index (χ4v) is 4.27. The maximum absolute atomic E-state index is 13.7. The Hall–Kier alpha value is -4.08. The van der Waals surface area contributed by atoms with E-state index in [0.717, 1.165) is 24.8 Å². The van der Waals surface area contributed by atoms with E-state index in [9.17, 15) is 4.79 Å². The van der Waals surface area contributed by atoms with Crippen molar-refractivity contribution >= 4 is 17.5 Å². The van der Waals surface area contributed by atoms with Crippen LogP contribution in [0.2, 0.25) is 0 Å². The van der Waals surface area contributed by atoms with Crippen LogP contribution in [0.5, 0.6) is 17.2 Å². The molecule has 37 heavy (non-hydrogen) atoms. The molecule has 196 valence electrons. The number of nitrogens with one attached hydrogen (secondary N) is 2. The molecule has 1 amide bonds. The maximum Gasteiger partial charge on any atom is 0.255 e. The first-order chi connectivity index (χ1) is 18.1. The number of fused-ring (bicyclic) bond motifs is 1. The van der Waals surface area contributed by atoms with E-state index in [4.69, 9.17) is 14.2 Å². The number of amides is 1. The minimum absolute atomic E-state index is 0.291. The summed E-state index contributed by atoms with van der Waals surface area (Å²) in [5.41, 5.74) is 2.51. The Morgan fingerprint density at radius 2 is 1.78 bits per heavy atom. The molecule has 1 aromatic heterocycles. The van der Waals surface area contributed by atoms with Gasteiger partial charge in [0.1, 0.15) is 11.8 Å². The molecular weight excluding hydrogens is 472 g/mol. The lowest BCUT2D eigenvalue weighted by Crippen LogP contribution is -2.31. The fourth-order valence-electron chi connectivity index (χ4n) is 4.27. The largest absolute Gasteiger partial charge is 0.492 e. The standard InChI is InChI=1S/C27H34N6O4/c1-5-8-11-16-37-22-15-14-19(17-23(22)36-7-3)25-24(18(4)28-27-30-31-32-33(25)27)26(34)29-20-12-9-10-13-21(20)35-6-2/h9-10,12-15,17,25H,5-8,11,16H2,1-4H3,(H,29,34)(H,28,30,32). The van der Waals surface area contributed by atoms with E-state index in [2.05, 4.69) is 33.1 Å². The Morgan fingerprint density at radius 3 is 2.57 bits per heavy atom. The van der Waals surface area contributed by atoms with E-state index in [1.807, 2.05) is 63.2 Å². The second-order valence-corrected chi connectivity index (χ2v) is 8.59. The van der Waals surface area contributed by atoms with E-state index >= 15 is 0 Å². The third-order valence-electron chi connectivity index (χ3n) is 5.98. The van der Waals surface area contributed by atoms with Crippen LogP contribution in [0.3, 0.4) is 0 Å². The van der Waals surface area contributed by atoms with Gasteiger partial charge in [0.05, 0.1) is 31.1 Å². The number of ether oxygens (including phenoxy) is 3. The van der Waals surface area contributed by atoms with Gasteiger partial charge in [-0.3, -0.25) is 4.79 Å². The zero-order chi connectivity index (χ0) is 26.2. The predicted octanol–water partition coefficient (Wildman–Crippen LogP) is 4.97. The molecule has 0 bridgehead atoms. The van der Waals surface area contributed by atoms with Crippen molar-refractivity contribution in [1.29, 1.82) is 0 Å². The normalized spacial score (nSPS) is 14.5. The van der Waals surface area contributed by atoms with Crippen molar-refractivity contribution in [2.75, 3.05) is 30.5 Å². The zero-order valence-electron chi connectivity index (χ0n) is 21.8. The van der Waals surface area contributed by atoms with Crippen molar-refractivity contribution in [3.05, 3.63) is 59.3 Å². The summed E-state index contributed by atoms with van der Waals surface area (Å²) < 4.78 is 19.2. The molecule has 0 saturated heterocycles. The van der Waals surface area contributed by atoms with Gasteiger partial charge >= 0.3 is 0 Å². The number of carbonyl (C=O) groups is 1. The number of tetrazole rings is 1. The summed E-state index contributed by atoms with van der Waals surface area (Å²) in [5.74, 6) is 2.05. The molecule has 0 radical (unpaired) electrons. The highest BCUT2D eigenvalue weighted by molar-refractivity contribution is 6.06. The minimum atomic E-state index is -0.584. The average molecular weight is 507 g/mol. The topological polar surface area (TPSA) is 112 Å². The zero-order valence-corrected chi connectivity index (χ0v) is 21.8. The molecule has 1 unspecified atom stereocenters.